The second-order valence-corrected chi connectivity index (χ2v) is 7.21. The molecule has 2 nitrogen and oxygen atoms in total. The molecule has 2 heterocycles. The van der Waals surface area contributed by atoms with Gasteiger partial charge in [0.25, 0.3) is 0 Å². The number of hydrogen-bond donors (Lipinski definition) is 0. The van der Waals surface area contributed by atoms with Crippen molar-refractivity contribution in [2.75, 3.05) is 0 Å². The van der Waals surface area contributed by atoms with Gasteiger partial charge in [-0.15, -0.1) is 0 Å². The lowest BCUT2D eigenvalue weighted by atomic mass is 9.76. The smallest absolute Gasteiger partial charge is 0.223 e. The van der Waals surface area contributed by atoms with Gasteiger partial charge in [-0.25, -0.2) is 0 Å². The van der Waals surface area contributed by atoms with Crippen LogP contribution in [0.25, 0.3) is 0 Å². The van der Waals surface area contributed by atoms with Gasteiger partial charge in [-0.3, -0.25) is 4.79 Å². The van der Waals surface area contributed by atoms with E-state index in [0.29, 0.717) is 29.8 Å². The molecule has 1 amide bonds. The number of rotatable bonds is 3. The third-order valence-electron chi connectivity index (χ3n) is 5.13. The van der Waals surface area contributed by atoms with Crippen molar-refractivity contribution in [2.45, 2.75) is 70.4 Å². The zero-order valence-corrected chi connectivity index (χ0v) is 13.3. The lowest BCUT2D eigenvalue weighted by Crippen LogP contribution is -2.54. The van der Waals surface area contributed by atoms with Crippen LogP contribution in [-0.4, -0.2) is 22.9 Å². The quantitative estimate of drug-likeness (QED) is 0.808. The molecule has 0 aromatic heterocycles. The molecule has 2 saturated heterocycles. The Morgan fingerprint density at radius 2 is 1.95 bits per heavy atom. The van der Waals surface area contributed by atoms with Gasteiger partial charge in [0.15, 0.2) is 0 Å². The molecule has 1 aromatic carbocycles. The predicted octanol–water partition coefficient (Wildman–Crippen LogP) is 4.36. The van der Waals surface area contributed by atoms with Crippen molar-refractivity contribution in [2.24, 2.45) is 5.92 Å². The zero-order valence-electron chi connectivity index (χ0n) is 13.3. The molecular formula is C19H27NO. The highest BCUT2D eigenvalue weighted by atomic mass is 16.2. The topological polar surface area (TPSA) is 20.3 Å². The number of benzene rings is 1. The minimum atomic E-state index is 0.406. The Bertz CT molecular complexity index is 482. The highest BCUT2D eigenvalue weighted by molar-refractivity contribution is 5.77. The van der Waals surface area contributed by atoms with E-state index in [0.717, 1.165) is 32.1 Å². The summed E-state index contributed by atoms with van der Waals surface area (Å²) in [4.78, 5) is 14.7. The average Bonchev–Trinajstić information content (AvgIpc) is 2.47. The SMILES string of the molecule is CC(C)C[C@@H]1C[C@@H](c2ccccc2)C[C@H]2CCCC(=O)N21. The number of fused-ring (bicyclic) bond motifs is 1. The molecule has 2 aliphatic heterocycles. The Balaban J connectivity index is 1.83. The monoisotopic (exact) mass is 285 g/mol. The van der Waals surface area contributed by atoms with Gasteiger partial charge in [0.2, 0.25) is 5.91 Å². The van der Waals surface area contributed by atoms with Crippen LogP contribution in [0.1, 0.15) is 63.9 Å². The summed E-state index contributed by atoms with van der Waals surface area (Å²) in [6, 6.07) is 11.8. The van der Waals surface area contributed by atoms with Crippen molar-refractivity contribution in [1.29, 1.82) is 0 Å². The van der Waals surface area contributed by atoms with E-state index in [1.165, 1.54) is 12.0 Å². The number of hydrogen-bond acceptors (Lipinski definition) is 1. The second-order valence-electron chi connectivity index (χ2n) is 7.21. The van der Waals surface area contributed by atoms with Crippen LogP contribution < -0.4 is 0 Å². The molecule has 2 heteroatoms. The minimum absolute atomic E-state index is 0.406. The molecule has 3 atom stereocenters. The molecule has 0 aliphatic carbocycles. The maximum absolute atomic E-state index is 12.4. The molecule has 0 bridgehead atoms. The van der Waals surface area contributed by atoms with Crippen molar-refractivity contribution in [3.05, 3.63) is 35.9 Å². The normalized spacial score (nSPS) is 29.6. The Kier molecular flexibility index (Phi) is 4.32. The zero-order chi connectivity index (χ0) is 14.8. The number of nitrogens with zero attached hydrogens (tertiary/aromatic N) is 1. The fourth-order valence-corrected chi connectivity index (χ4v) is 4.31. The highest BCUT2D eigenvalue weighted by Gasteiger charge is 2.40. The number of piperidine rings is 2. The molecular weight excluding hydrogens is 258 g/mol. The van der Waals surface area contributed by atoms with Crippen LogP contribution in [-0.2, 0) is 4.79 Å². The average molecular weight is 285 g/mol. The number of amides is 1. The first kappa shape index (κ1) is 14.6. The van der Waals surface area contributed by atoms with Gasteiger partial charge in [0.1, 0.15) is 0 Å². The first-order valence-electron chi connectivity index (χ1n) is 8.51. The summed E-state index contributed by atoms with van der Waals surface area (Å²) in [5, 5.41) is 0. The van der Waals surface area contributed by atoms with Gasteiger partial charge in [-0.2, -0.15) is 0 Å². The first-order valence-corrected chi connectivity index (χ1v) is 8.51. The van der Waals surface area contributed by atoms with Gasteiger partial charge in [-0.1, -0.05) is 44.2 Å². The van der Waals surface area contributed by atoms with Crippen molar-refractivity contribution in [1.82, 2.24) is 4.90 Å². The molecule has 0 radical (unpaired) electrons. The van der Waals surface area contributed by atoms with Crippen LogP contribution >= 0.6 is 0 Å². The Morgan fingerprint density at radius 3 is 2.67 bits per heavy atom. The lowest BCUT2D eigenvalue weighted by Gasteiger charge is -2.48. The van der Waals surface area contributed by atoms with Gasteiger partial charge >= 0.3 is 0 Å². The third kappa shape index (κ3) is 3.14. The second kappa shape index (κ2) is 6.21. The van der Waals surface area contributed by atoms with Crippen LogP contribution in [0, 0.1) is 5.92 Å². The maximum Gasteiger partial charge on any atom is 0.223 e. The Labute approximate surface area is 128 Å². The standard InChI is InChI=1S/C19H27NO/c1-14(2)11-18-13-16(15-7-4-3-5-8-15)12-17-9-6-10-19(21)20(17)18/h3-5,7-8,14,16-18H,6,9-13H2,1-2H3/t16-,17+,18+/m0/s1. The maximum atomic E-state index is 12.4. The van der Waals surface area contributed by atoms with Crippen LogP contribution in [0.3, 0.4) is 0 Å². The molecule has 2 fully saturated rings. The largest absolute Gasteiger partial charge is 0.337 e. The highest BCUT2D eigenvalue weighted by Crippen LogP contribution is 2.40. The Hall–Kier alpha value is -1.31. The first-order chi connectivity index (χ1) is 10.1. The third-order valence-corrected chi connectivity index (χ3v) is 5.13. The van der Waals surface area contributed by atoms with Crippen LogP contribution in [0.4, 0.5) is 0 Å². The Morgan fingerprint density at radius 1 is 1.19 bits per heavy atom. The van der Waals surface area contributed by atoms with Crippen molar-refractivity contribution >= 4 is 5.91 Å². The summed E-state index contributed by atoms with van der Waals surface area (Å²) in [6.07, 6.45) is 6.49. The summed E-state index contributed by atoms with van der Waals surface area (Å²) in [5.41, 5.74) is 1.46. The van der Waals surface area contributed by atoms with E-state index in [1.807, 2.05) is 0 Å². The molecule has 0 unspecified atom stereocenters. The summed E-state index contributed by atoms with van der Waals surface area (Å²) < 4.78 is 0. The molecule has 0 spiro atoms. The van der Waals surface area contributed by atoms with Crippen molar-refractivity contribution in [3.63, 3.8) is 0 Å². The van der Waals surface area contributed by atoms with Crippen LogP contribution in [0.2, 0.25) is 0 Å². The van der Waals surface area contributed by atoms with Gasteiger partial charge in [0.05, 0.1) is 0 Å². The summed E-state index contributed by atoms with van der Waals surface area (Å²) in [6.45, 7) is 4.55. The van der Waals surface area contributed by atoms with E-state index < -0.39 is 0 Å². The number of carbonyl (C=O) groups excluding carboxylic acids is 1. The molecule has 3 rings (SSSR count). The minimum Gasteiger partial charge on any atom is -0.337 e. The molecule has 1 aromatic rings. The summed E-state index contributed by atoms with van der Waals surface area (Å²) >= 11 is 0. The molecule has 2 aliphatic rings. The fourth-order valence-electron chi connectivity index (χ4n) is 4.31. The number of carbonyl (C=O) groups is 1. The van der Waals surface area contributed by atoms with Crippen LogP contribution in [0.15, 0.2) is 30.3 Å². The van der Waals surface area contributed by atoms with Gasteiger partial charge in [-0.05, 0) is 49.5 Å². The van der Waals surface area contributed by atoms with Crippen molar-refractivity contribution < 1.29 is 4.79 Å². The van der Waals surface area contributed by atoms with E-state index in [9.17, 15) is 4.79 Å². The molecule has 21 heavy (non-hydrogen) atoms. The lowest BCUT2D eigenvalue weighted by molar-refractivity contribution is -0.142. The fraction of sp³-hybridized carbons (Fsp3) is 0.632. The van der Waals surface area contributed by atoms with Gasteiger partial charge in [0, 0.05) is 18.5 Å². The van der Waals surface area contributed by atoms with E-state index in [2.05, 4.69) is 49.1 Å². The summed E-state index contributed by atoms with van der Waals surface area (Å²) in [5.74, 6) is 1.69. The molecule has 0 saturated carbocycles. The van der Waals surface area contributed by atoms with Gasteiger partial charge < -0.3 is 4.90 Å². The van der Waals surface area contributed by atoms with E-state index >= 15 is 0 Å². The van der Waals surface area contributed by atoms with Crippen molar-refractivity contribution in [3.8, 4) is 0 Å². The predicted molar refractivity (Wildman–Crippen MR) is 86.1 cm³/mol. The van der Waals surface area contributed by atoms with E-state index in [4.69, 9.17) is 0 Å². The molecule has 114 valence electrons. The van der Waals surface area contributed by atoms with E-state index in [1.54, 1.807) is 0 Å². The van der Waals surface area contributed by atoms with Crippen LogP contribution in [0.5, 0.6) is 0 Å². The van der Waals surface area contributed by atoms with E-state index in [-0.39, 0.29) is 0 Å². The summed E-state index contributed by atoms with van der Waals surface area (Å²) in [7, 11) is 0. The molecule has 0 N–H and O–H groups in total.